The minimum atomic E-state index is 0.0200. The summed E-state index contributed by atoms with van der Waals surface area (Å²) in [6, 6.07) is 0. The van der Waals surface area contributed by atoms with E-state index >= 15 is 0 Å². The highest BCUT2D eigenvalue weighted by Gasteiger charge is 2.09. The van der Waals surface area contributed by atoms with E-state index in [2.05, 4.69) is 10.6 Å². The maximum atomic E-state index is 11.3. The summed E-state index contributed by atoms with van der Waals surface area (Å²) in [5, 5.41) is 5.76. The van der Waals surface area contributed by atoms with Gasteiger partial charge < -0.3 is 15.4 Å². The SMILES string of the molecule is CCOCCNC(=O)C(C)CNC. The lowest BCUT2D eigenvalue weighted by molar-refractivity contribution is -0.124. The predicted octanol–water partition coefficient (Wildman–Crippen LogP) is -0.00540. The van der Waals surface area contributed by atoms with Crippen LogP contribution in [0.2, 0.25) is 0 Å². The number of nitrogens with one attached hydrogen (secondary N) is 2. The fraction of sp³-hybridized carbons (Fsp3) is 0.889. The first-order chi connectivity index (χ1) is 6.22. The molecule has 0 saturated carbocycles. The average molecular weight is 188 g/mol. The minimum absolute atomic E-state index is 0.0200. The van der Waals surface area contributed by atoms with Gasteiger partial charge in [0.05, 0.1) is 6.61 Å². The van der Waals surface area contributed by atoms with Crippen molar-refractivity contribution in [1.29, 1.82) is 0 Å². The van der Waals surface area contributed by atoms with Crippen LogP contribution in [0.5, 0.6) is 0 Å². The van der Waals surface area contributed by atoms with Gasteiger partial charge in [0.25, 0.3) is 0 Å². The Morgan fingerprint density at radius 3 is 2.77 bits per heavy atom. The van der Waals surface area contributed by atoms with E-state index in [1.807, 2.05) is 20.9 Å². The molecular formula is C9H20N2O2. The molecule has 4 heteroatoms. The van der Waals surface area contributed by atoms with E-state index in [0.29, 0.717) is 26.3 Å². The quantitative estimate of drug-likeness (QED) is 0.553. The van der Waals surface area contributed by atoms with Crippen molar-refractivity contribution in [1.82, 2.24) is 10.6 Å². The van der Waals surface area contributed by atoms with Crippen molar-refractivity contribution in [2.24, 2.45) is 5.92 Å². The molecule has 0 rings (SSSR count). The highest BCUT2D eigenvalue weighted by atomic mass is 16.5. The van der Waals surface area contributed by atoms with E-state index in [4.69, 9.17) is 4.74 Å². The Morgan fingerprint density at radius 2 is 2.23 bits per heavy atom. The summed E-state index contributed by atoms with van der Waals surface area (Å²) in [4.78, 5) is 11.3. The Balaban J connectivity index is 3.38. The van der Waals surface area contributed by atoms with Gasteiger partial charge >= 0.3 is 0 Å². The van der Waals surface area contributed by atoms with Crippen LogP contribution in [0.4, 0.5) is 0 Å². The largest absolute Gasteiger partial charge is 0.380 e. The maximum absolute atomic E-state index is 11.3. The van der Waals surface area contributed by atoms with E-state index in [9.17, 15) is 4.79 Å². The highest BCUT2D eigenvalue weighted by Crippen LogP contribution is 1.90. The molecule has 0 bridgehead atoms. The number of carbonyl (C=O) groups excluding carboxylic acids is 1. The van der Waals surface area contributed by atoms with Gasteiger partial charge in [-0.1, -0.05) is 6.92 Å². The molecule has 0 aliphatic rings. The minimum Gasteiger partial charge on any atom is -0.380 e. The van der Waals surface area contributed by atoms with Crippen LogP contribution in [-0.2, 0) is 9.53 Å². The molecule has 0 aromatic heterocycles. The van der Waals surface area contributed by atoms with Crippen molar-refractivity contribution in [2.75, 3.05) is 33.4 Å². The molecule has 0 fully saturated rings. The van der Waals surface area contributed by atoms with E-state index < -0.39 is 0 Å². The van der Waals surface area contributed by atoms with Gasteiger partial charge in [0, 0.05) is 25.6 Å². The maximum Gasteiger partial charge on any atom is 0.224 e. The number of hydrogen-bond acceptors (Lipinski definition) is 3. The van der Waals surface area contributed by atoms with Crippen molar-refractivity contribution < 1.29 is 9.53 Å². The molecule has 1 unspecified atom stereocenters. The molecule has 78 valence electrons. The fourth-order valence-electron chi connectivity index (χ4n) is 0.964. The Morgan fingerprint density at radius 1 is 1.54 bits per heavy atom. The summed E-state index contributed by atoms with van der Waals surface area (Å²) < 4.78 is 5.09. The first kappa shape index (κ1) is 12.4. The summed E-state index contributed by atoms with van der Waals surface area (Å²) in [6.07, 6.45) is 0. The van der Waals surface area contributed by atoms with Crippen LogP contribution in [0.15, 0.2) is 0 Å². The second-order valence-electron chi connectivity index (χ2n) is 2.95. The molecule has 4 nitrogen and oxygen atoms in total. The molecule has 1 atom stereocenters. The molecule has 0 radical (unpaired) electrons. The zero-order valence-corrected chi connectivity index (χ0v) is 8.72. The van der Waals surface area contributed by atoms with Gasteiger partial charge in [-0.2, -0.15) is 0 Å². The lowest BCUT2D eigenvalue weighted by atomic mass is 10.1. The van der Waals surface area contributed by atoms with Crippen molar-refractivity contribution in [3.63, 3.8) is 0 Å². The Kier molecular flexibility index (Phi) is 7.63. The second-order valence-corrected chi connectivity index (χ2v) is 2.95. The third kappa shape index (κ3) is 6.54. The van der Waals surface area contributed by atoms with E-state index in [0.717, 1.165) is 0 Å². The van der Waals surface area contributed by atoms with Crippen LogP contribution in [0.3, 0.4) is 0 Å². The van der Waals surface area contributed by atoms with Gasteiger partial charge in [0.2, 0.25) is 5.91 Å². The summed E-state index contributed by atoms with van der Waals surface area (Å²) >= 11 is 0. The van der Waals surface area contributed by atoms with Crippen molar-refractivity contribution in [3.8, 4) is 0 Å². The van der Waals surface area contributed by atoms with Crippen LogP contribution < -0.4 is 10.6 Å². The van der Waals surface area contributed by atoms with Crippen LogP contribution in [0.25, 0.3) is 0 Å². The normalized spacial score (nSPS) is 12.5. The molecule has 0 aliphatic carbocycles. The summed E-state index contributed by atoms with van der Waals surface area (Å²) in [5.74, 6) is 0.0979. The lowest BCUT2D eigenvalue weighted by Crippen LogP contribution is -2.36. The number of amides is 1. The number of hydrogen-bond donors (Lipinski definition) is 2. The summed E-state index contributed by atoms with van der Waals surface area (Å²) in [6.45, 7) is 6.43. The van der Waals surface area contributed by atoms with Gasteiger partial charge in [-0.25, -0.2) is 0 Å². The number of rotatable bonds is 7. The summed E-state index contributed by atoms with van der Waals surface area (Å²) in [5.41, 5.74) is 0. The van der Waals surface area contributed by atoms with Crippen LogP contribution in [0, 0.1) is 5.92 Å². The molecule has 0 heterocycles. The Labute approximate surface area is 80.0 Å². The fourth-order valence-corrected chi connectivity index (χ4v) is 0.964. The molecule has 2 N–H and O–H groups in total. The smallest absolute Gasteiger partial charge is 0.224 e. The van der Waals surface area contributed by atoms with E-state index in [1.165, 1.54) is 0 Å². The number of carbonyl (C=O) groups is 1. The zero-order chi connectivity index (χ0) is 10.1. The molecule has 0 aromatic rings. The molecule has 0 aliphatic heterocycles. The summed E-state index contributed by atoms with van der Waals surface area (Å²) in [7, 11) is 1.84. The Bertz CT molecular complexity index is 140. The van der Waals surface area contributed by atoms with E-state index in [1.54, 1.807) is 0 Å². The van der Waals surface area contributed by atoms with Crippen molar-refractivity contribution >= 4 is 5.91 Å². The standard InChI is InChI=1S/C9H20N2O2/c1-4-13-6-5-11-9(12)8(2)7-10-3/h8,10H,4-7H2,1-3H3,(H,11,12). The third-order valence-electron chi connectivity index (χ3n) is 1.71. The first-order valence-corrected chi connectivity index (χ1v) is 4.72. The van der Waals surface area contributed by atoms with Gasteiger partial charge in [-0.3, -0.25) is 4.79 Å². The number of ether oxygens (including phenoxy) is 1. The third-order valence-corrected chi connectivity index (χ3v) is 1.71. The van der Waals surface area contributed by atoms with Gasteiger partial charge in [0.1, 0.15) is 0 Å². The second kappa shape index (κ2) is 8.01. The van der Waals surface area contributed by atoms with Gasteiger partial charge in [0.15, 0.2) is 0 Å². The van der Waals surface area contributed by atoms with Crippen molar-refractivity contribution in [2.45, 2.75) is 13.8 Å². The van der Waals surface area contributed by atoms with Crippen LogP contribution >= 0.6 is 0 Å². The van der Waals surface area contributed by atoms with Crippen molar-refractivity contribution in [3.05, 3.63) is 0 Å². The molecule has 0 spiro atoms. The van der Waals surface area contributed by atoms with Crippen LogP contribution in [-0.4, -0.2) is 39.3 Å². The van der Waals surface area contributed by atoms with Crippen LogP contribution in [0.1, 0.15) is 13.8 Å². The molecule has 0 saturated heterocycles. The zero-order valence-electron chi connectivity index (χ0n) is 8.72. The molecule has 0 aromatic carbocycles. The highest BCUT2D eigenvalue weighted by molar-refractivity contribution is 5.78. The van der Waals surface area contributed by atoms with Gasteiger partial charge in [-0.15, -0.1) is 0 Å². The van der Waals surface area contributed by atoms with Gasteiger partial charge in [-0.05, 0) is 14.0 Å². The molecular weight excluding hydrogens is 168 g/mol. The molecule has 1 amide bonds. The topological polar surface area (TPSA) is 50.4 Å². The lowest BCUT2D eigenvalue weighted by Gasteiger charge is -2.11. The monoisotopic (exact) mass is 188 g/mol. The predicted molar refractivity (Wildman–Crippen MR) is 52.6 cm³/mol. The Hall–Kier alpha value is -0.610. The van der Waals surface area contributed by atoms with E-state index in [-0.39, 0.29) is 11.8 Å². The first-order valence-electron chi connectivity index (χ1n) is 4.72. The molecule has 13 heavy (non-hydrogen) atoms. The average Bonchev–Trinajstić information content (AvgIpc) is 2.12.